The van der Waals surface area contributed by atoms with E-state index in [0.717, 1.165) is 15.7 Å². The molecular weight excluding hydrogens is 460 g/mol. The molecule has 0 aliphatic carbocycles. The van der Waals surface area contributed by atoms with Crippen LogP contribution in [-0.2, 0) is 9.53 Å². The van der Waals surface area contributed by atoms with Crippen molar-refractivity contribution in [1.29, 1.82) is 0 Å². The standard InChI is InChI=1S/C23H21BrN4O3/c1-3-31-22(29)19-14(2)25-23(30)26-21(19)18-13-28(17-7-5-4-6-8-17)27-20(18)15-9-11-16(24)12-10-15/h4-13,19,21H,3H2,1-2H3,(H,26,30). The molecule has 0 saturated carbocycles. The zero-order valence-electron chi connectivity index (χ0n) is 17.1. The van der Waals surface area contributed by atoms with Crippen molar-refractivity contribution < 1.29 is 14.3 Å². The maximum Gasteiger partial charge on any atom is 0.341 e. The van der Waals surface area contributed by atoms with E-state index >= 15 is 0 Å². The minimum Gasteiger partial charge on any atom is -0.465 e. The molecule has 2 aromatic carbocycles. The Morgan fingerprint density at radius 3 is 2.55 bits per heavy atom. The van der Waals surface area contributed by atoms with Gasteiger partial charge in [-0.05, 0) is 38.1 Å². The Bertz CT molecular complexity index is 1140. The van der Waals surface area contributed by atoms with Gasteiger partial charge >= 0.3 is 12.0 Å². The third-order valence-electron chi connectivity index (χ3n) is 5.10. The van der Waals surface area contributed by atoms with E-state index in [1.165, 1.54) is 0 Å². The van der Waals surface area contributed by atoms with Crippen LogP contribution in [0.2, 0.25) is 0 Å². The highest BCUT2D eigenvalue weighted by atomic mass is 79.9. The quantitative estimate of drug-likeness (QED) is 0.535. The summed E-state index contributed by atoms with van der Waals surface area (Å²) in [5.41, 5.74) is 3.54. The minimum absolute atomic E-state index is 0.242. The van der Waals surface area contributed by atoms with Crippen molar-refractivity contribution in [1.82, 2.24) is 15.1 Å². The number of nitrogens with one attached hydrogen (secondary N) is 1. The van der Waals surface area contributed by atoms with Crippen LogP contribution < -0.4 is 5.32 Å². The summed E-state index contributed by atoms with van der Waals surface area (Å²) in [4.78, 5) is 29.0. The third-order valence-corrected chi connectivity index (χ3v) is 5.63. The van der Waals surface area contributed by atoms with E-state index in [4.69, 9.17) is 9.84 Å². The molecule has 0 radical (unpaired) electrons. The summed E-state index contributed by atoms with van der Waals surface area (Å²) in [7, 11) is 0. The van der Waals surface area contributed by atoms with E-state index in [2.05, 4.69) is 26.2 Å². The van der Waals surface area contributed by atoms with E-state index in [0.29, 0.717) is 17.0 Å². The number of halogens is 1. The van der Waals surface area contributed by atoms with Crippen molar-refractivity contribution in [2.24, 2.45) is 10.9 Å². The van der Waals surface area contributed by atoms with Crippen LogP contribution in [-0.4, -0.2) is 34.1 Å². The van der Waals surface area contributed by atoms with Crippen molar-refractivity contribution in [3.8, 4) is 16.9 Å². The largest absolute Gasteiger partial charge is 0.465 e. The number of aliphatic imine (C=N–C) groups is 1. The molecule has 8 heteroatoms. The van der Waals surface area contributed by atoms with Crippen LogP contribution >= 0.6 is 15.9 Å². The molecule has 0 fully saturated rings. The number of amides is 2. The number of rotatable bonds is 5. The normalized spacial score (nSPS) is 18.3. The lowest BCUT2D eigenvalue weighted by molar-refractivity contribution is -0.146. The molecule has 2 heterocycles. The highest BCUT2D eigenvalue weighted by molar-refractivity contribution is 9.10. The molecule has 1 aliphatic rings. The average Bonchev–Trinajstić information content (AvgIpc) is 3.20. The van der Waals surface area contributed by atoms with Crippen LogP contribution in [0.5, 0.6) is 0 Å². The Labute approximate surface area is 188 Å². The van der Waals surface area contributed by atoms with Gasteiger partial charge in [-0.2, -0.15) is 5.10 Å². The lowest BCUT2D eigenvalue weighted by atomic mass is 9.87. The summed E-state index contributed by atoms with van der Waals surface area (Å²) < 4.78 is 7.98. The highest BCUT2D eigenvalue weighted by Gasteiger charge is 2.40. The molecule has 2 atom stereocenters. The molecule has 7 nitrogen and oxygen atoms in total. The second kappa shape index (κ2) is 8.85. The molecule has 2 unspecified atom stereocenters. The molecule has 0 saturated heterocycles. The zero-order valence-corrected chi connectivity index (χ0v) is 18.7. The van der Waals surface area contributed by atoms with Crippen LogP contribution in [0.25, 0.3) is 16.9 Å². The molecule has 3 aromatic rings. The lowest BCUT2D eigenvalue weighted by Gasteiger charge is -2.29. The van der Waals surface area contributed by atoms with Crippen LogP contribution in [0, 0.1) is 5.92 Å². The van der Waals surface area contributed by atoms with E-state index in [1.54, 1.807) is 18.5 Å². The molecule has 1 aromatic heterocycles. The molecule has 31 heavy (non-hydrogen) atoms. The minimum atomic E-state index is -0.736. The summed E-state index contributed by atoms with van der Waals surface area (Å²) in [6.07, 6.45) is 1.85. The summed E-state index contributed by atoms with van der Waals surface area (Å²) >= 11 is 3.46. The Balaban J connectivity index is 1.88. The number of hydrogen-bond acceptors (Lipinski definition) is 4. The average molecular weight is 481 g/mol. The van der Waals surface area contributed by atoms with Gasteiger partial charge in [0, 0.05) is 27.5 Å². The van der Waals surface area contributed by atoms with E-state index in [1.807, 2.05) is 60.8 Å². The van der Waals surface area contributed by atoms with E-state index in [-0.39, 0.29) is 6.61 Å². The van der Waals surface area contributed by atoms with Gasteiger partial charge in [0.25, 0.3) is 0 Å². The van der Waals surface area contributed by atoms with Gasteiger partial charge in [-0.15, -0.1) is 0 Å². The Morgan fingerprint density at radius 2 is 1.87 bits per heavy atom. The molecule has 1 aliphatic heterocycles. The second-order valence-corrected chi connectivity index (χ2v) is 8.05. The monoisotopic (exact) mass is 480 g/mol. The topological polar surface area (TPSA) is 85.6 Å². The number of para-hydroxylation sites is 1. The molecule has 0 spiro atoms. The fourth-order valence-corrected chi connectivity index (χ4v) is 3.94. The number of hydrogen-bond donors (Lipinski definition) is 1. The highest BCUT2D eigenvalue weighted by Crippen LogP contribution is 2.35. The predicted molar refractivity (Wildman–Crippen MR) is 121 cm³/mol. The van der Waals surface area contributed by atoms with Gasteiger partial charge in [0.15, 0.2) is 0 Å². The number of nitrogens with zero attached hydrogens (tertiary/aromatic N) is 3. The molecular formula is C23H21BrN4O3. The zero-order chi connectivity index (χ0) is 22.0. The molecule has 158 valence electrons. The summed E-state index contributed by atoms with van der Waals surface area (Å²) in [6, 6.07) is 16.3. The van der Waals surface area contributed by atoms with Gasteiger partial charge in [0.05, 0.1) is 24.0 Å². The van der Waals surface area contributed by atoms with Gasteiger partial charge < -0.3 is 10.1 Å². The van der Waals surface area contributed by atoms with Crippen molar-refractivity contribution in [2.75, 3.05) is 6.61 Å². The molecule has 2 amide bonds. The van der Waals surface area contributed by atoms with E-state index < -0.39 is 24.0 Å². The van der Waals surface area contributed by atoms with Crippen LogP contribution in [0.4, 0.5) is 4.79 Å². The van der Waals surface area contributed by atoms with Crippen LogP contribution in [0.15, 0.2) is 70.3 Å². The maximum absolute atomic E-state index is 12.8. The van der Waals surface area contributed by atoms with Gasteiger partial charge in [-0.3, -0.25) is 4.79 Å². The Morgan fingerprint density at radius 1 is 1.16 bits per heavy atom. The number of aromatic nitrogens is 2. The van der Waals surface area contributed by atoms with Gasteiger partial charge in [-0.1, -0.05) is 46.3 Å². The molecule has 0 bridgehead atoms. The number of ether oxygens (including phenoxy) is 1. The fraction of sp³-hybridized carbons (Fsp3) is 0.217. The first-order chi connectivity index (χ1) is 15.0. The molecule has 4 rings (SSSR count). The first kappa shape index (κ1) is 21.0. The van der Waals surface area contributed by atoms with Gasteiger partial charge in [-0.25, -0.2) is 14.5 Å². The number of carbonyl (C=O) groups is 2. The van der Waals surface area contributed by atoms with Crippen molar-refractivity contribution in [3.05, 3.63) is 70.8 Å². The number of esters is 1. The number of benzene rings is 2. The maximum atomic E-state index is 12.8. The Hall–Kier alpha value is -3.26. The van der Waals surface area contributed by atoms with Crippen molar-refractivity contribution in [2.45, 2.75) is 19.9 Å². The van der Waals surface area contributed by atoms with Crippen LogP contribution in [0.3, 0.4) is 0 Å². The summed E-state index contributed by atoms with van der Waals surface area (Å²) in [5.74, 6) is -1.16. The number of urea groups is 1. The lowest BCUT2D eigenvalue weighted by Crippen LogP contribution is -2.44. The van der Waals surface area contributed by atoms with Gasteiger partial charge in [0.2, 0.25) is 0 Å². The van der Waals surface area contributed by atoms with Crippen molar-refractivity contribution >= 4 is 33.6 Å². The summed E-state index contributed by atoms with van der Waals surface area (Å²) in [6.45, 7) is 3.67. The van der Waals surface area contributed by atoms with E-state index in [9.17, 15) is 9.59 Å². The number of carbonyl (C=O) groups excluding carboxylic acids is 2. The first-order valence-corrected chi connectivity index (χ1v) is 10.7. The van der Waals surface area contributed by atoms with Gasteiger partial charge in [0.1, 0.15) is 5.92 Å². The smallest absolute Gasteiger partial charge is 0.341 e. The van der Waals surface area contributed by atoms with Crippen LogP contribution in [0.1, 0.15) is 25.5 Å². The van der Waals surface area contributed by atoms with Crippen molar-refractivity contribution in [3.63, 3.8) is 0 Å². The molecule has 1 N–H and O–H groups in total. The predicted octanol–water partition coefficient (Wildman–Crippen LogP) is 4.71. The SMILES string of the molecule is CCOC(=O)C1C(C)=NC(=O)NC1c1cn(-c2ccccc2)nc1-c1ccc(Br)cc1. The first-order valence-electron chi connectivity index (χ1n) is 9.91. The second-order valence-electron chi connectivity index (χ2n) is 7.13. The fourth-order valence-electron chi connectivity index (χ4n) is 3.68. The Kier molecular flexibility index (Phi) is 5.99. The third kappa shape index (κ3) is 4.29. The summed E-state index contributed by atoms with van der Waals surface area (Å²) in [5, 5.41) is 7.65.